The van der Waals surface area contributed by atoms with E-state index in [9.17, 15) is 14.4 Å². The molecule has 0 radical (unpaired) electrons. The van der Waals surface area contributed by atoms with Crippen LogP contribution in [0.25, 0.3) is 0 Å². The van der Waals surface area contributed by atoms with Gasteiger partial charge in [-0.25, -0.2) is 9.59 Å². The van der Waals surface area contributed by atoms with E-state index in [2.05, 4.69) is 10.6 Å². The maximum Gasteiger partial charge on any atom is 0.414 e. The molecule has 0 unspecified atom stereocenters. The molecule has 0 saturated carbocycles. The molecule has 32 heavy (non-hydrogen) atoms. The number of hydrogen-bond donors (Lipinski definition) is 2. The van der Waals surface area contributed by atoms with Crippen LogP contribution in [0.3, 0.4) is 0 Å². The van der Waals surface area contributed by atoms with E-state index in [-0.39, 0.29) is 5.91 Å². The van der Waals surface area contributed by atoms with Crippen LogP contribution in [0.5, 0.6) is 0 Å². The van der Waals surface area contributed by atoms with Crippen molar-refractivity contribution >= 4 is 35.2 Å². The minimum Gasteiger partial charge on any atom is -0.444 e. The number of nitrogens with zero attached hydrogens (tertiary/aromatic N) is 1. The van der Waals surface area contributed by atoms with Gasteiger partial charge in [0.15, 0.2) is 0 Å². The van der Waals surface area contributed by atoms with Crippen LogP contribution < -0.4 is 15.5 Å². The lowest BCUT2D eigenvalue weighted by molar-refractivity contribution is 0.0587. The first-order valence-electron chi connectivity index (χ1n) is 10.2. The topological polar surface area (TPSA) is 97.0 Å². The van der Waals surface area contributed by atoms with Crippen LogP contribution >= 0.6 is 0 Å². The summed E-state index contributed by atoms with van der Waals surface area (Å²) >= 11 is 0. The Hall–Kier alpha value is -3.55. The second-order valence-corrected chi connectivity index (χ2v) is 9.24. The zero-order valence-corrected chi connectivity index (χ0v) is 19.6. The molecule has 2 N–H and O–H groups in total. The van der Waals surface area contributed by atoms with Crippen LogP contribution in [0.4, 0.5) is 26.7 Å². The van der Waals surface area contributed by atoms with E-state index in [1.807, 2.05) is 0 Å². The summed E-state index contributed by atoms with van der Waals surface area (Å²) in [7, 11) is 1.61. The number of amides is 3. The lowest BCUT2D eigenvalue weighted by Crippen LogP contribution is -2.34. The van der Waals surface area contributed by atoms with Crippen molar-refractivity contribution in [2.75, 3.05) is 22.6 Å². The van der Waals surface area contributed by atoms with Gasteiger partial charge in [0.25, 0.3) is 5.91 Å². The number of carbonyl (C=O) groups excluding carboxylic acids is 3. The molecule has 8 nitrogen and oxygen atoms in total. The summed E-state index contributed by atoms with van der Waals surface area (Å²) < 4.78 is 10.5. The van der Waals surface area contributed by atoms with Crippen molar-refractivity contribution in [3.05, 3.63) is 54.1 Å². The summed E-state index contributed by atoms with van der Waals surface area (Å²) in [6.07, 6.45) is -1.03. The van der Waals surface area contributed by atoms with Crippen LogP contribution in [0.1, 0.15) is 51.9 Å². The Morgan fingerprint density at radius 3 is 1.66 bits per heavy atom. The normalized spacial score (nSPS) is 11.3. The van der Waals surface area contributed by atoms with Crippen molar-refractivity contribution in [2.24, 2.45) is 0 Å². The zero-order chi connectivity index (χ0) is 24.1. The fourth-order valence-electron chi connectivity index (χ4n) is 2.53. The molecule has 172 valence electrons. The molecule has 0 aromatic heterocycles. The minimum absolute atomic E-state index is 0.302. The Morgan fingerprint density at radius 1 is 0.719 bits per heavy atom. The maximum absolute atomic E-state index is 12.5. The monoisotopic (exact) mass is 441 g/mol. The highest BCUT2D eigenvalue weighted by atomic mass is 16.6. The van der Waals surface area contributed by atoms with Crippen molar-refractivity contribution in [3.8, 4) is 0 Å². The molecule has 0 heterocycles. The minimum atomic E-state index is -0.594. The van der Waals surface area contributed by atoms with Crippen LogP contribution in [0.2, 0.25) is 0 Å². The Kier molecular flexibility index (Phi) is 7.51. The molecule has 0 aliphatic heterocycles. The second-order valence-electron chi connectivity index (χ2n) is 9.24. The maximum atomic E-state index is 12.5. The molecule has 2 rings (SSSR count). The fraction of sp³-hybridized carbons (Fsp3) is 0.375. The van der Waals surface area contributed by atoms with Gasteiger partial charge in [-0.2, -0.15) is 0 Å². The Labute approximate surface area is 188 Å². The third kappa shape index (κ3) is 7.94. The molecule has 0 spiro atoms. The van der Waals surface area contributed by atoms with E-state index in [0.29, 0.717) is 22.6 Å². The van der Waals surface area contributed by atoms with Gasteiger partial charge in [0.1, 0.15) is 11.2 Å². The van der Waals surface area contributed by atoms with Crippen LogP contribution in [-0.2, 0) is 9.47 Å². The van der Waals surface area contributed by atoms with Gasteiger partial charge < -0.3 is 14.8 Å². The highest BCUT2D eigenvalue weighted by Gasteiger charge is 2.21. The molecule has 8 heteroatoms. The van der Waals surface area contributed by atoms with E-state index < -0.39 is 23.4 Å². The van der Waals surface area contributed by atoms with Crippen molar-refractivity contribution in [3.63, 3.8) is 0 Å². The van der Waals surface area contributed by atoms with E-state index >= 15 is 0 Å². The summed E-state index contributed by atoms with van der Waals surface area (Å²) in [6, 6.07) is 13.3. The van der Waals surface area contributed by atoms with Crippen LogP contribution in [0.15, 0.2) is 48.5 Å². The third-order valence-electron chi connectivity index (χ3n) is 3.97. The quantitative estimate of drug-likeness (QED) is 0.638. The number of carbonyl (C=O) groups is 3. The summed E-state index contributed by atoms with van der Waals surface area (Å²) in [5.74, 6) is -0.302. The summed E-state index contributed by atoms with van der Waals surface area (Å²) in [5, 5.41) is 5.43. The van der Waals surface area contributed by atoms with Crippen LogP contribution in [0, 0.1) is 0 Å². The van der Waals surface area contributed by atoms with Gasteiger partial charge >= 0.3 is 12.2 Å². The van der Waals surface area contributed by atoms with Crippen LogP contribution in [-0.4, -0.2) is 36.3 Å². The highest BCUT2D eigenvalue weighted by Crippen LogP contribution is 2.19. The van der Waals surface area contributed by atoms with Crippen molar-refractivity contribution < 1.29 is 23.9 Å². The van der Waals surface area contributed by atoms with Gasteiger partial charge in [-0.05, 0) is 90.1 Å². The summed E-state index contributed by atoms with van der Waals surface area (Å²) in [5.41, 5.74) is 0.973. The molecular formula is C24H31N3O5. The van der Waals surface area contributed by atoms with E-state index in [0.717, 1.165) is 0 Å². The second kappa shape index (κ2) is 9.72. The molecule has 0 bridgehead atoms. The Bertz CT molecular complexity index is 955. The van der Waals surface area contributed by atoms with Gasteiger partial charge in [-0.3, -0.25) is 15.0 Å². The van der Waals surface area contributed by atoms with E-state index in [4.69, 9.17) is 9.47 Å². The fourth-order valence-corrected chi connectivity index (χ4v) is 2.53. The SMILES string of the molecule is CN(C(=O)OC(C)(C)C)c1ccc(C(=O)Nc2ccc(NC(=O)OC(C)(C)C)cc2)cc1. The summed E-state index contributed by atoms with van der Waals surface area (Å²) in [6.45, 7) is 10.7. The smallest absolute Gasteiger partial charge is 0.414 e. The molecular weight excluding hydrogens is 410 g/mol. The highest BCUT2D eigenvalue weighted by molar-refractivity contribution is 6.04. The molecule has 0 atom stereocenters. The number of hydrogen-bond acceptors (Lipinski definition) is 5. The van der Waals surface area contributed by atoms with Crippen molar-refractivity contribution in [1.82, 2.24) is 0 Å². The number of rotatable bonds is 4. The predicted octanol–water partition coefficient (Wildman–Crippen LogP) is 5.66. The van der Waals surface area contributed by atoms with Gasteiger partial charge in [0.05, 0.1) is 0 Å². The first kappa shape index (κ1) is 24.7. The standard InChI is InChI=1S/C24H31N3O5/c1-23(2,3)31-21(29)26-18-12-10-17(11-13-18)25-20(28)16-8-14-19(15-9-16)27(7)22(30)32-24(4,5)6/h8-15H,1-7H3,(H,25,28)(H,26,29). The predicted molar refractivity (Wildman–Crippen MR) is 125 cm³/mol. The van der Waals surface area contributed by atoms with Gasteiger partial charge in [0, 0.05) is 29.7 Å². The Balaban J connectivity index is 1.96. The average Bonchev–Trinajstić information content (AvgIpc) is 2.66. The molecule has 0 aliphatic carbocycles. The molecule has 0 aliphatic rings. The number of ether oxygens (including phenoxy) is 2. The van der Waals surface area contributed by atoms with Crippen molar-refractivity contribution in [2.45, 2.75) is 52.7 Å². The largest absolute Gasteiger partial charge is 0.444 e. The third-order valence-corrected chi connectivity index (χ3v) is 3.97. The average molecular weight is 442 g/mol. The Morgan fingerprint density at radius 2 is 1.19 bits per heavy atom. The molecule has 0 saturated heterocycles. The lowest BCUT2D eigenvalue weighted by Gasteiger charge is -2.24. The molecule has 3 amide bonds. The molecule has 2 aromatic carbocycles. The number of nitrogens with one attached hydrogen (secondary N) is 2. The molecule has 2 aromatic rings. The first-order chi connectivity index (χ1) is 14.7. The van der Waals surface area contributed by atoms with Gasteiger partial charge in [-0.1, -0.05) is 0 Å². The number of benzene rings is 2. The summed E-state index contributed by atoms with van der Waals surface area (Å²) in [4.78, 5) is 37.9. The van der Waals surface area contributed by atoms with E-state index in [1.165, 1.54) is 4.90 Å². The first-order valence-corrected chi connectivity index (χ1v) is 10.2. The van der Waals surface area contributed by atoms with E-state index in [1.54, 1.807) is 97.1 Å². The number of anilines is 3. The van der Waals surface area contributed by atoms with Gasteiger partial charge in [0.2, 0.25) is 0 Å². The van der Waals surface area contributed by atoms with Gasteiger partial charge in [-0.15, -0.1) is 0 Å². The lowest BCUT2D eigenvalue weighted by atomic mass is 10.1. The zero-order valence-electron chi connectivity index (χ0n) is 19.6. The molecule has 0 fully saturated rings. The van der Waals surface area contributed by atoms with Crippen molar-refractivity contribution in [1.29, 1.82) is 0 Å².